The second-order valence-electron chi connectivity index (χ2n) is 5.48. The number of nitrogens with one attached hydrogen (secondary N) is 2. The third-order valence-corrected chi connectivity index (χ3v) is 3.48. The Morgan fingerprint density at radius 1 is 1.22 bits per heavy atom. The topological polar surface area (TPSA) is 77.7 Å². The van der Waals surface area contributed by atoms with Crippen molar-refractivity contribution in [2.75, 3.05) is 32.1 Å². The van der Waals surface area contributed by atoms with E-state index in [-0.39, 0.29) is 12.6 Å². The van der Waals surface area contributed by atoms with Crippen molar-refractivity contribution in [1.82, 2.24) is 10.6 Å². The molecule has 2 amide bonds. The van der Waals surface area contributed by atoms with Gasteiger partial charge in [-0.05, 0) is 36.2 Å². The number of nitrogens with zero attached hydrogens (tertiary/aromatic N) is 1. The molecule has 0 spiro atoms. The standard InChI is InChI=1S/C17H23N3O3/c1-20(2)14-7-5-13(6-8-14)9-10-18-17(22)19-12-15(21)16-4-3-11-23-16/h3-8,11,15,21H,9-10,12H2,1-2H3,(H2,18,19,22). The van der Waals surface area contributed by atoms with E-state index in [1.807, 2.05) is 19.0 Å². The lowest BCUT2D eigenvalue weighted by Crippen LogP contribution is -2.38. The molecule has 0 fully saturated rings. The molecule has 1 aromatic carbocycles. The highest BCUT2D eigenvalue weighted by atomic mass is 16.4. The minimum absolute atomic E-state index is 0.108. The number of carbonyl (C=O) groups excluding carboxylic acids is 1. The summed E-state index contributed by atoms with van der Waals surface area (Å²) in [5, 5.41) is 15.2. The molecule has 0 saturated carbocycles. The molecule has 23 heavy (non-hydrogen) atoms. The van der Waals surface area contributed by atoms with E-state index >= 15 is 0 Å². The lowest BCUT2D eigenvalue weighted by atomic mass is 10.1. The average Bonchev–Trinajstić information content (AvgIpc) is 3.07. The maximum atomic E-state index is 11.7. The van der Waals surface area contributed by atoms with E-state index in [2.05, 4.69) is 34.9 Å². The summed E-state index contributed by atoms with van der Waals surface area (Å²) in [6.07, 6.45) is 1.40. The van der Waals surface area contributed by atoms with Gasteiger partial charge < -0.3 is 25.1 Å². The van der Waals surface area contributed by atoms with Crippen molar-refractivity contribution >= 4 is 11.7 Å². The van der Waals surface area contributed by atoms with Crippen LogP contribution in [0.4, 0.5) is 10.5 Å². The fourth-order valence-electron chi connectivity index (χ4n) is 2.11. The molecule has 2 aromatic rings. The Morgan fingerprint density at radius 3 is 2.57 bits per heavy atom. The molecule has 0 radical (unpaired) electrons. The summed E-state index contributed by atoms with van der Waals surface area (Å²) < 4.78 is 5.07. The molecule has 6 nitrogen and oxygen atoms in total. The Hall–Kier alpha value is -2.47. The summed E-state index contributed by atoms with van der Waals surface area (Å²) in [7, 11) is 4.00. The van der Waals surface area contributed by atoms with Crippen LogP contribution in [0, 0.1) is 0 Å². The summed E-state index contributed by atoms with van der Waals surface area (Å²) in [5.74, 6) is 0.436. The van der Waals surface area contributed by atoms with Crippen LogP contribution in [0.1, 0.15) is 17.4 Å². The highest BCUT2D eigenvalue weighted by Crippen LogP contribution is 2.12. The predicted octanol–water partition coefficient (Wildman–Crippen LogP) is 1.92. The van der Waals surface area contributed by atoms with E-state index in [0.29, 0.717) is 12.3 Å². The van der Waals surface area contributed by atoms with E-state index in [1.165, 1.54) is 6.26 Å². The monoisotopic (exact) mass is 317 g/mol. The summed E-state index contributed by atoms with van der Waals surface area (Å²) >= 11 is 0. The molecule has 1 unspecified atom stereocenters. The number of aliphatic hydroxyl groups excluding tert-OH is 1. The number of urea groups is 1. The highest BCUT2D eigenvalue weighted by molar-refractivity contribution is 5.73. The first-order valence-corrected chi connectivity index (χ1v) is 7.55. The Morgan fingerprint density at radius 2 is 1.96 bits per heavy atom. The van der Waals surface area contributed by atoms with Crippen molar-refractivity contribution in [3.63, 3.8) is 0 Å². The first kappa shape index (κ1) is 16.9. The number of carbonyl (C=O) groups is 1. The van der Waals surface area contributed by atoms with Gasteiger partial charge in [0, 0.05) is 26.3 Å². The van der Waals surface area contributed by atoms with E-state index < -0.39 is 6.10 Å². The van der Waals surface area contributed by atoms with Crippen LogP contribution in [0.15, 0.2) is 47.1 Å². The van der Waals surface area contributed by atoms with Crippen LogP contribution in [0.25, 0.3) is 0 Å². The van der Waals surface area contributed by atoms with Crippen molar-refractivity contribution in [3.05, 3.63) is 54.0 Å². The van der Waals surface area contributed by atoms with Crippen LogP contribution in [0.3, 0.4) is 0 Å². The minimum Gasteiger partial charge on any atom is -0.467 e. The molecule has 3 N–H and O–H groups in total. The zero-order valence-corrected chi connectivity index (χ0v) is 13.5. The minimum atomic E-state index is -0.839. The first-order chi connectivity index (χ1) is 11.1. The molecule has 0 bridgehead atoms. The van der Waals surface area contributed by atoms with Gasteiger partial charge >= 0.3 is 6.03 Å². The Bertz CT molecular complexity index is 594. The first-order valence-electron chi connectivity index (χ1n) is 7.55. The van der Waals surface area contributed by atoms with Crippen molar-refractivity contribution in [2.45, 2.75) is 12.5 Å². The number of hydrogen-bond acceptors (Lipinski definition) is 4. The third kappa shape index (κ3) is 5.34. The molecular weight excluding hydrogens is 294 g/mol. The van der Waals surface area contributed by atoms with Gasteiger partial charge in [-0.3, -0.25) is 0 Å². The normalized spacial score (nSPS) is 11.8. The fraction of sp³-hybridized carbons (Fsp3) is 0.353. The second kappa shape index (κ2) is 8.24. The lowest BCUT2D eigenvalue weighted by Gasteiger charge is -2.13. The smallest absolute Gasteiger partial charge is 0.314 e. The average molecular weight is 317 g/mol. The molecule has 1 aromatic heterocycles. The van der Waals surface area contributed by atoms with Crippen LogP contribution in [-0.4, -0.2) is 38.3 Å². The number of rotatable bonds is 7. The number of aliphatic hydroxyl groups is 1. The van der Waals surface area contributed by atoms with Gasteiger partial charge in [-0.25, -0.2) is 4.79 Å². The number of furan rings is 1. The summed E-state index contributed by atoms with van der Waals surface area (Å²) in [4.78, 5) is 13.7. The van der Waals surface area contributed by atoms with Crippen LogP contribution < -0.4 is 15.5 Å². The Balaban J connectivity index is 1.66. The Labute approximate surface area is 136 Å². The zero-order valence-electron chi connectivity index (χ0n) is 13.5. The molecule has 6 heteroatoms. The molecule has 124 valence electrons. The number of amides is 2. The summed E-state index contributed by atoms with van der Waals surface area (Å²) in [6.45, 7) is 0.640. The van der Waals surface area contributed by atoms with Crippen LogP contribution in [0.2, 0.25) is 0 Å². The maximum Gasteiger partial charge on any atom is 0.314 e. The largest absolute Gasteiger partial charge is 0.467 e. The van der Waals surface area contributed by atoms with Crippen molar-refractivity contribution in [2.24, 2.45) is 0 Å². The van der Waals surface area contributed by atoms with Gasteiger partial charge in [0.25, 0.3) is 0 Å². The van der Waals surface area contributed by atoms with Crippen molar-refractivity contribution < 1.29 is 14.3 Å². The van der Waals surface area contributed by atoms with E-state index in [1.54, 1.807) is 12.1 Å². The summed E-state index contributed by atoms with van der Waals surface area (Å²) in [6, 6.07) is 11.3. The van der Waals surface area contributed by atoms with E-state index in [0.717, 1.165) is 17.7 Å². The third-order valence-electron chi connectivity index (χ3n) is 3.48. The Kier molecular flexibility index (Phi) is 6.05. The van der Waals surface area contributed by atoms with Gasteiger partial charge in [0.1, 0.15) is 11.9 Å². The lowest BCUT2D eigenvalue weighted by molar-refractivity contribution is 0.148. The fourth-order valence-corrected chi connectivity index (χ4v) is 2.11. The second-order valence-corrected chi connectivity index (χ2v) is 5.48. The number of benzene rings is 1. The van der Waals surface area contributed by atoms with Gasteiger partial charge in [-0.1, -0.05) is 12.1 Å². The molecule has 1 heterocycles. The van der Waals surface area contributed by atoms with E-state index in [4.69, 9.17) is 4.42 Å². The molecule has 1 atom stereocenters. The maximum absolute atomic E-state index is 11.7. The number of anilines is 1. The van der Waals surface area contributed by atoms with Gasteiger partial charge in [0.15, 0.2) is 0 Å². The number of hydrogen-bond donors (Lipinski definition) is 3. The summed E-state index contributed by atoms with van der Waals surface area (Å²) in [5.41, 5.74) is 2.30. The van der Waals surface area contributed by atoms with Crippen LogP contribution in [0.5, 0.6) is 0 Å². The SMILES string of the molecule is CN(C)c1ccc(CCNC(=O)NCC(O)c2ccco2)cc1. The molecule has 0 saturated heterocycles. The highest BCUT2D eigenvalue weighted by Gasteiger charge is 2.11. The van der Waals surface area contributed by atoms with Gasteiger partial charge in [0.2, 0.25) is 0 Å². The molecule has 0 aliphatic carbocycles. The van der Waals surface area contributed by atoms with Crippen LogP contribution >= 0.6 is 0 Å². The quantitative estimate of drug-likeness (QED) is 0.729. The van der Waals surface area contributed by atoms with Gasteiger partial charge in [-0.2, -0.15) is 0 Å². The molecular formula is C17H23N3O3. The molecule has 0 aliphatic heterocycles. The van der Waals surface area contributed by atoms with Crippen molar-refractivity contribution in [1.29, 1.82) is 0 Å². The van der Waals surface area contributed by atoms with Crippen LogP contribution in [-0.2, 0) is 6.42 Å². The zero-order chi connectivity index (χ0) is 16.7. The van der Waals surface area contributed by atoms with E-state index in [9.17, 15) is 9.90 Å². The van der Waals surface area contributed by atoms with Crippen molar-refractivity contribution in [3.8, 4) is 0 Å². The molecule has 2 rings (SSSR count). The van der Waals surface area contributed by atoms with Gasteiger partial charge in [0.05, 0.1) is 12.8 Å². The molecule has 0 aliphatic rings. The predicted molar refractivity (Wildman–Crippen MR) is 89.5 cm³/mol. The van der Waals surface area contributed by atoms with Gasteiger partial charge in [-0.15, -0.1) is 0 Å².